The topological polar surface area (TPSA) is 52.6 Å². The van der Waals surface area contributed by atoms with E-state index in [0.29, 0.717) is 0 Å². The van der Waals surface area contributed by atoms with E-state index >= 15 is 0 Å². The molecule has 0 amide bonds. The first-order chi connectivity index (χ1) is 5.70. The van der Waals surface area contributed by atoms with E-state index in [4.69, 9.17) is 0 Å². The van der Waals surface area contributed by atoms with Crippen LogP contribution in [-0.2, 0) is 19.1 Å². The van der Waals surface area contributed by atoms with Crippen molar-refractivity contribution in [3.05, 3.63) is 0 Å². The Labute approximate surface area is 75.6 Å². The van der Waals surface area contributed by atoms with Crippen LogP contribution in [0, 0.1) is 0 Å². The number of thioether (sulfide) groups is 1. The average Bonchev–Trinajstić information content (AvgIpc) is 2.01. The average molecular weight is 192 g/mol. The molecule has 0 N–H and O–H groups in total. The first-order valence-electron chi connectivity index (χ1n) is 3.50. The Kier molecular flexibility index (Phi) is 6.55. The van der Waals surface area contributed by atoms with Gasteiger partial charge < -0.3 is 9.47 Å². The van der Waals surface area contributed by atoms with Gasteiger partial charge in [0.2, 0.25) is 0 Å². The van der Waals surface area contributed by atoms with Crippen molar-refractivity contribution in [2.24, 2.45) is 0 Å². The van der Waals surface area contributed by atoms with E-state index in [2.05, 4.69) is 9.47 Å². The summed E-state index contributed by atoms with van der Waals surface area (Å²) in [6.45, 7) is 1.97. The van der Waals surface area contributed by atoms with Crippen molar-refractivity contribution in [1.29, 1.82) is 0 Å². The van der Waals surface area contributed by atoms with Crippen molar-refractivity contribution in [2.45, 2.75) is 13.3 Å². The van der Waals surface area contributed by atoms with Gasteiger partial charge in [-0.1, -0.05) is 0 Å². The van der Waals surface area contributed by atoms with E-state index in [0.717, 1.165) is 0 Å². The Bertz CT molecular complexity index is 157. The third-order valence-corrected chi connectivity index (χ3v) is 1.29. The third-order valence-electron chi connectivity index (χ3n) is 0.932. The number of esters is 2. The van der Waals surface area contributed by atoms with Crippen molar-refractivity contribution in [3.63, 3.8) is 0 Å². The molecular formula is C7H12O4S. The molecule has 12 heavy (non-hydrogen) atoms. The summed E-state index contributed by atoms with van der Waals surface area (Å²) in [7, 11) is 0. The van der Waals surface area contributed by atoms with Crippen LogP contribution >= 0.6 is 11.8 Å². The van der Waals surface area contributed by atoms with E-state index in [-0.39, 0.29) is 19.0 Å². The second-order valence-corrected chi connectivity index (χ2v) is 2.72. The van der Waals surface area contributed by atoms with Gasteiger partial charge in [0.05, 0.1) is 6.61 Å². The molecule has 0 saturated carbocycles. The Morgan fingerprint density at radius 2 is 1.83 bits per heavy atom. The molecular weight excluding hydrogens is 180 g/mol. The maximum Gasteiger partial charge on any atom is 0.317 e. The molecule has 0 radical (unpaired) electrons. The summed E-state index contributed by atoms with van der Waals surface area (Å²) in [5, 5.41) is 0. The largest absolute Gasteiger partial charge is 0.466 e. The van der Waals surface area contributed by atoms with E-state index in [9.17, 15) is 9.59 Å². The first-order valence-corrected chi connectivity index (χ1v) is 4.90. The molecule has 0 aliphatic carbocycles. The molecule has 0 fully saturated rings. The molecule has 0 spiro atoms. The maximum absolute atomic E-state index is 10.8. The summed E-state index contributed by atoms with van der Waals surface area (Å²) < 4.78 is 9.18. The quantitative estimate of drug-likeness (QED) is 0.366. The second kappa shape index (κ2) is 6.97. The molecule has 0 bridgehead atoms. The fraction of sp³-hybridized carbons (Fsp3) is 0.714. The standard InChI is InChI=1S/C7H12O4S/c1-3-10-6(8)4-7(9)11-5-12-2/h3-5H2,1-2H3. The van der Waals surface area contributed by atoms with Crippen LogP contribution in [0.3, 0.4) is 0 Å². The minimum atomic E-state index is -0.539. The Morgan fingerprint density at radius 1 is 1.25 bits per heavy atom. The molecule has 0 saturated heterocycles. The van der Waals surface area contributed by atoms with Crippen molar-refractivity contribution >= 4 is 23.7 Å². The van der Waals surface area contributed by atoms with Gasteiger partial charge in [-0.05, 0) is 13.2 Å². The van der Waals surface area contributed by atoms with Gasteiger partial charge in [-0.3, -0.25) is 9.59 Å². The van der Waals surface area contributed by atoms with Gasteiger partial charge in [-0.15, -0.1) is 11.8 Å². The Hall–Kier alpha value is -0.710. The molecule has 0 aromatic rings. The lowest BCUT2D eigenvalue weighted by Crippen LogP contribution is -2.13. The predicted octanol–water partition coefficient (Wildman–Crippen LogP) is 0.803. The van der Waals surface area contributed by atoms with Crippen LogP contribution in [0.1, 0.15) is 13.3 Å². The lowest BCUT2D eigenvalue weighted by atomic mass is 10.4. The number of carbonyl (C=O) groups excluding carboxylic acids is 2. The molecule has 0 heterocycles. The van der Waals surface area contributed by atoms with Gasteiger partial charge in [0.15, 0.2) is 0 Å². The highest BCUT2D eigenvalue weighted by molar-refractivity contribution is 7.98. The number of hydrogen-bond acceptors (Lipinski definition) is 5. The third kappa shape index (κ3) is 6.03. The van der Waals surface area contributed by atoms with E-state index in [1.165, 1.54) is 11.8 Å². The highest BCUT2D eigenvalue weighted by Gasteiger charge is 2.10. The minimum Gasteiger partial charge on any atom is -0.466 e. The summed E-state index contributed by atoms with van der Waals surface area (Å²) in [6, 6.07) is 0. The summed E-state index contributed by atoms with van der Waals surface area (Å²) in [5.74, 6) is -0.801. The summed E-state index contributed by atoms with van der Waals surface area (Å²) >= 11 is 1.38. The number of carbonyl (C=O) groups is 2. The molecule has 0 unspecified atom stereocenters. The van der Waals surface area contributed by atoms with Crippen molar-refractivity contribution in [2.75, 3.05) is 18.8 Å². The molecule has 0 aromatic heterocycles. The zero-order chi connectivity index (χ0) is 9.40. The summed E-state index contributed by atoms with van der Waals surface area (Å²) in [6.07, 6.45) is 1.51. The molecule has 0 atom stereocenters. The van der Waals surface area contributed by atoms with E-state index in [1.807, 2.05) is 0 Å². The lowest BCUT2D eigenvalue weighted by molar-refractivity contribution is -0.153. The fourth-order valence-electron chi connectivity index (χ4n) is 0.506. The second-order valence-electron chi connectivity index (χ2n) is 1.90. The smallest absolute Gasteiger partial charge is 0.317 e. The van der Waals surface area contributed by atoms with Gasteiger partial charge in [0.25, 0.3) is 0 Å². The van der Waals surface area contributed by atoms with Crippen molar-refractivity contribution < 1.29 is 19.1 Å². The van der Waals surface area contributed by atoms with Gasteiger partial charge in [-0.2, -0.15) is 0 Å². The van der Waals surface area contributed by atoms with Crippen LogP contribution in [0.2, 0.25) is 0 Å². The van der Waals surface area contributed by atoms with Crippen molar-refractivity contribution in [1.82, 2.24) is 0 Å². The minimum absolute atomic E-state index is 0.276. The van der Waals surface area contributed by atoms with Crippen LogP contribution in [0.25, 0.3) is 0 Å². The highest BCUT2D eigenvalue weighted by Crippen LogP contribution is 1.96. The monoisotopic (exact) mass is 192 g/mol. The van der Waals surface area contributed by atoms with Gasteiger partial charge in [-0.25, -0.2) is 0 Å². The van der Waals surface area contributed by atoms with Crippen LogP contribution in [0.4, 0.5) is 0 Å². The number of rotatable bonds is 5. The zero-order valence-corrected chi connectivity index (χ0v) is 7.98. The van der Waals surface area contributed by atoms with Gasteiger partial charge >= 0.3 is 11.9 Å². The molecule has 4 nitrogen and oxygen atoms in total. The number of ether oxygens (including phenoxy) is 2. The Balaban J connectivity index is 3.47. The number of hydrogen-bond donors (Lipinski definition) is 0. The van der Waals surface area contributed by atoms with E-state index in [1.54, 1.807) is 13.2 Å². The SMILES string of the molecule is CCOC(=O)CC(=O)OCSC. The molecule has 0 rings (SSSR count). The molecule has 0 aliphatic rings. The van der Waals surface area contributed by atoms with Crippen LogP contribution < -0.4 is 0 Å². The fourth-order valence-corrected chi connectivity index (χ4v) is 0.755. The maximum atomic E-state index is 10.8. The predicted molar refractivity (Wildman–Crippen MR) is 45.7 cm³/mol. The van der Waals surface area contributed by atoms with Gasteiger partial charge in [0.1, 0.15) is 12.4 Å². The molecule has 0 aromatic carbocycles. The van der Waals surface area contributed by atoms with Crippen LogP contribution in [-0.4, -0.2) is 30.7 Å². The summed E-state index contributed by atoms with van der Waals surface area (Å²) in [4.78, 5) is 21.4. The van der Waals surface area contributed by atoms with Crippen LogP contribution in [0.15, 0.2) is 0 Å². The molecule has 0 aliphatic heterocycles. The lowest BCUT2D eigenvalue weighted by Gasteiger charge is -2.01. The summed E-state index contributed by atoms with van der Waals surface area (Å²) in [5.41, 5.74) is 0. The zero-order valence-electron chi connectivity index (χ0n) is 7.16. The molecule has 70 valence electrons. The normalized spacial score (nSPS) is 9.17. The van der Waals surface area contributed by atoms with Crippen molar-refractivity contribution in [3.8, 4) is 0 Å². The van der Waals surface area contributed by atoms with Crippen LogP contribution in [0.5, 0.6) is 0 Å². The Morgan fingerprint density at radius 3 is 2.33 bits per heavy atom. The first kappa shape index (κ1) is 11.3. The van der Waals surface area contributed by atoms with E-state index < -0.39 is 11.9 Å². The highest BCUT2D eigenvalue weighted by atomic mass is 32.2. The molecule has 5 heteroatoms. The van der Waals surface area contributed by atoms with Gasteiger partial charge in [0, 0.05) is 0 Å².